The Morgan fingerprint density at radius 2 is 1.92 bits per heavy atom. The van der Waals surface area contributed by atoms with Gasteiger partial charge >= 0.3 is 18.0 Å². The van der Waals surface area contributed by atoms with Crippen molar-refractivity contribution in [3.05, 3.63) is 40.1 Å². The molecule has 0 aromatic heterocycles. The van der Waals surface area contributed by atoms with E-state index in [1.807, 2.05) is 0 Å². The number of allylic oxidation sites excluding steroid dienone is 1. The van der Waals surface area contributed by atoms with Gasteiger partial charge in [0.2, 0.25) is 5.76 Å². The Morgan fingerprint density at radius 3 is 2.42 bits per heavy atom. The molecule has 1 aromatic rings. The maximum absolute atomic E-state index is 13.1. The van der Waals surface area contributed by atoms with Gasteiger partial charge in [-0.1, -0.05) is 30.1 Å². The van der Waals surface area contributed by atoms with Crippen LogP contribution in [0.1, 0.15) is 20.3 Å². The molecule has 132 valence electrons. The number of carbonyl (C=O) groups excluding carboxylic acids is 1. The lowest BCUT2D eigenvalue weighted by Gasteiger charge is -2.14. The monoisotopic (exact) mass is 383 g/mol. The molecule has 0 saturated heterocycles. The highest BCUT2D eigenvalue weighted by Crippen LogP contribution is 2.29. The van der Waals surface area contributed by atoms with Crippen LogP contribution in [-0.2, 0) is 14.3 Å². The number of benzene rings is 1. The summed E-state index contributed by atoms with van der Waals surface area (Å²) in [5.41, 5.74) is -0.128. The molecule has 0 fully saturated rings. The molecular weight excluding hydrogens is 370 g/mol. The zero-order chi connectivity index (χ0) is 18.3. The third-order valence-electron chi connectivity index (χ3n) is 2.45. The van der Waals surface area contributed by atoms with Crippen molar-refractivity contribution in [3.63, 3.8) is 0 Å². The van der Waals surface area contributed by atoms with Gasteiger partial charge in [-0.2, -0.15) is 13.2 Å². The molecule has 0 aliphatic rings. The minimum atomic E-state index is -4.93. The van der Waals surface area contributed by atoms with Gasteiger partial charge in [0.1, 0.15) is 0 Å². The Bertz CT molecular complexity index is 658. The van der Waals surface area contributed by atoms with E-state index in [9.17, 15) is 18.0 Å². The van der Waals surface area contributed by atoms with Crippen LogP contribution in [0.15, 0.2) is 35.0 Å². The van der Waals surface area contributed by atoms with Crippen LogP contribution in [0.25, 0.3) is 0 Å². The summed E-state index contributed by atoms with van der Waals surface area (Å²) in [6.07, 6.45) is -3.48. The molecule has 0 aliphatic heterocycles. The summed E-state index contributed by atoms with van der Waals surface area (Å²) in [7, 11) is 0. The first-order valence-corrected chi connectivity index (χ1v) is 7.60. The SMILES string of the molecule is CC/C=C(/OC(=Nc1ccc(Cl)c(Cl)c1)C(F)(F)F)C(=O)OCC. The molecule has 4 nitrogen and oxygen atoms in total. The van der Waals surface area contributed by atoms with E-state index >= 15 is 0 Å². The fourth-order valence-corrected chi connectivity index (χ4v) is 1.77. The van der Waals surface area contributed by atoms with Gasteiger partial charge in [0, 0.05) is 0 Å². The summed E-state index contributed by atoms with van der Waals surface area (Å²) < 4.78 is 48.8. The van der Waals surface area contributed by atoms with E-state index in [1.54, 1.807) is 6.92 Å². The first-order valence-electron chi connectivity index (χ1n) is 6.85. The zero-order valence-electron chi connectivity index (χ0n) is 12.8. The van der Waals surface area contributed by atoms with Crippen molar-refractivity contribution in [2.75, 3.05) is 6.61 Å². The van der Waals surface area contributed by atoms with Gasteiger partial charge in [-0.15, -0.1) is 0 Å². The number of nitrogens with zero attached hydrogens (tertiary/aromatic N) is 1. The summed E-state index contributed by atoms with van der Waals surface area (Å²) >= 11 is 11.5. The van der Waals surface area contributed by atoms with Crippen molar-refractivity contribution in [2.45, 2.75) is 26.4 Å². The standard InChI is InChI=1S/C15H14Cl2F3NO3/c1-3-5-12(13(22)23-4-2)24-14(15(18,19)20)21-9-6-7-10(16)11(17)8-9/h5-8H,3-4H2,1-2H3/b12-5+,21-14?. The Labute approximate surface area is 146 Å². The predicted molar refractivity (Wildman–Crippen MR) is 85.7 cm³/mol. The molecule has 0 saturated carbocycles. The van der Waals surface area contributed by atoms with Crippen LogP contribution in [0.4, 0.5) is 18.9 Å². The van der Waals surface area contributed by atoms with Crippen LogP contribution in [0, 0.1) is 0 Å². The summed E-state index contributed by atoms with van der Waals surface area (Å²) in [5, 5.41) is 0.206. The summed E-state index contributed by atoms with van der Waals surface area (Å²) in [6.45, 7) is 3.15. The van der Waals surface area contributed by atoms with Crippen LogP contribution >= 0.6 is 23.2 Å². The number of halogens is 5. The van der Waals surface area contributed by atoms with E-state index in [2.05, 4.69) is 14.5 Å². The van der Waals surface area contributed by atoms with Gasteiger partial charge in [0.25, 0.3) is 0 Å². The van der Waals surface area contributed by atoms with Crippen LogP contribution in [0.3, 0.4) is 0 Å². The molecule has 0 amide bonds. The average molecular weight is 384 g/mol. The van der Waals surface area contributed by atoms with E-state index in [1.165, 1.54) is 25.1 Å². The quantitative estimate of drug-likeness (QED) is 0.223. The zero-order valence-corrected chi connectivity index (χ0v) is 14.3. The molecular formula is C15H14Cl2F3NO3. The summed E-state index contributed by atoms with van der Waals surface area (Å²) in [6, 6.07) is 3.67. The largest absolute Gasteiger partial charge is 0.468 e. The second-order valence-electron chi connectivity index (χ2n) is 4.31. The van der Waals surface area contributed by atoms with Gasteiger partial charge in [0.05, 0.1) is 22.3 Å². The van der Waals surface area contributed by atoms with Crippen LogP contribution in [0.2, 0.25) is 10.0 Å². The number of rotatable bonds is 5. The number of aliphatic imine (C=N–C) groups is 1. The average Bonchev–Trinajstić information content (AvgIpc) is 2.48. The molecule has 0 heterocycles. The number of hydrogen-bond donors (Lipinski definition) is 0. The van der Waals surface area contributed by atoms with Gasteiger partial charge in [-0.3, -0.25) is 0 Å². The van der Waals surface area contributed by atoms with Gasteiger partial charge < -0.3 is 9.47 Å². The Hall–Kier alpha value is -1.73. The van der Waals surface area contributed by atoms with E-state index in [-0.39, 0.29) is 28.8 Å². The smallest absolute Gasteiger partial charge is 0.460 e. The van der Waals surface area contributed by atoms with Crippen molar-refractivity contribution < 1.29 is 27.4 Å². The molecule has 0 atom stereocenters. The second kappa shape index (κ2) is 8.94. The first-order chi connectivity index (χ1) is 11.2. The third-order valence-corrected chi connectivity index (χ3v) is 3.19. The molecule has 0 N–H and O–H groups in total. The normalized spacial score (nSPS) is 13.0. The minimum Gasteiger partial charge on any atom is -0.460 e. The molecule has 1 aromatic carbocycles. The van der Waals surface area contributed by atoms with Crippen LogP contribution in [-0.4, -0.2) is 24.7 Å². The van der Waals surface area contributed by atoms with E-state index in [0.29, 0.717) is 0 Å². The fraction of sp³-hybridized carbons (Fsp3) is 0.333. The van der Waals surface area contributed by atoms with Crippen LogP contribution in [0.5, 0.6) is 0 Å². The van der Waals surface area contributed by atoms with Crippen molar-refractivity contribution in [2.24, 2.45) is 4.99 Å². The fourth-order valence-electron chi connectivity index (χ4n) is 1.47. The number of alkyl halides is 3. The number of ether oxygens (including phenoxy) is 2. The maximum Gasteiger partial charge on any atom is 0.468 e. The Morgan fingerprint density at radius 1 is 1.25 bits per heavy atom. The molecule has 0 unspecified atom stereocenters. The Kier molecular flexibility index (Phi) is 7.57. The topological polar surface area (TPSA) is 47.9 Å². The maximum atomic E-state index is 13.1. The summed E-state index contributed by atoms with van der Waals surface area (Å²) in [4.78, 5) is 15.0. The predicted octanol–water partition coefficient (Wildman–Crippen LogP) is 5.46. The highest BCUT2D eigenvalue weighted by Gasteiger charge is 2.40. The molecule has 1 rings (SSSR count). The molecule has 0 aliphatic carbocycles. The molecule has 24 heavy (non-hydrogen) atoms. The molecule has 0 spiro atoms. The lowest BCUT2D eigenvalue weighted by Crippen LogP contribution is -2.27. The van der Waals surface area contributed by atoms with Crippen LogP contribution < -0.4 is 0 Å². The number of hydrogen-bond acceptors (Lipinski definition) is 4. The third kappa shape index (κ3) is 6.05. The van der Waals surface area contributed by atoms with E-state index in [4.69, 9.17) is 23.2 Å². The van der Waals surface area contributed by atoms with Gasteiger partial charge in [0.15, 0.2) is 0 Å². The lowest BCUT2D eigenvalue weighted by atomic mass is 10.3. The first kappa shape index (κ1) is 20.3. The molecule has 0 bridgehead atoms. The highest BCUT2D eigenvalue weighted by atomic mass is 35.5. The van der Waals surface area contributed by atoms with Gasteiger partial charge in [-0.05, 0) is 37.6 Å². The van der Waals surface area contributed by atoms with Crippen molar-refractivity contribution in [3.8, 4) is 0 Å². The number of carbonyl (C=O) groups is 1. The van der Waals surface area contributed by atoms with E-state index in [0.717, 1.165) is 6.07 Å². The molecule has 9 heteroatoms. The van der Waals surface area contributed by atoms with Crippen molar-refractivity contribution in [1.29, 1.82) is 0 Å². The Balaban J connectivity index is 3.21. The van der Waals surface area contributed by atoms with Gasteiger partial charge in [-0.25, -0.2) is 9.79 Å². The van der Waals surface area contributed by atoms with Crippen molar-refractivity contribution in [1.82, 2.24) is 0 Å². The van der Waals surface area contributed by atoms with Crippen molar-refractivity contribution >= 4 is 40.8 Å². The highest BCUT2D eigenvalue weighted by molar-refractivity contribution is 6.42. The lowest BCUT2D eigenvalue weighted by molar-refractivity contribution is -0.142. The number of esters is 1. The summed E-state index contributed by atoms with van der Waals surface area (Å²) in [5.74, 6) is -3.21. The van der Waals surface area contributed by atoms with E-state index < -0.39 is 23.8 Å². The minimum absolute atomic E-state index is 0.00542. The second-order valence-corrected chi connectivity index (χ2v) is 5.13. The molecule has 0 radical (unpaired) electrons.